The number of allylic oxidation sites excluding steroid dienone is 1. The number of hydrogen-bond acceptors (Lipinski definition) is 2. The Morgan fingerprint density at radius 3 is 2.62 bits per heavy atom. The molecule has 4 aliphatic carbocycles. The van der Waals surface area contributed by atoms with Gasteiger partial charge in [-0.15, -0.1) is 0 Å². The number of fused-ring (bicyclic) bond motifs is 5. The van der Waals surface area contributed by atoms with Gasteiger partial charge in [-0.1, -0.05) is 25.5 Å². The van der Waals surface area contributed by atoms with Gasteiger partial charge in [-0.2, -0.15) is 0 Å². The second-order valence-electron chi connectivity index (χ2n) is 9.96. The van der Waals surface area contributed by atoms with Crippen molar-refractivity contribution in [3.05, 3.63) is 11.6 Å². The van der Waals surface area contributed by atoms with Crippen LogP contribution in [0.2, 0.25) is 0 Å². The van der Waals surface area contributed by atoms with Crippen LogP contribution in [0.1, 0.15) is 72.1 Å². The summed E-state index contributed by atoms with van der Waals surface area (Å²) in [5.74, 6) is 3.13. The average molecular weight is 332 g/mol. The molecule has 0 aromatic heterocycles. The Labute approximate surface area is 148 Å². The van der Waals surface area contributed by atoms with Gasteiger partial charge >= 0.3 is 0 Å². The molecule has 4 rings (SSSR count). The molecule has 2 heteroatoms. The fourth-order valence-electron chi connectivity index (χ4n) is 7.74. The van der Waals surface area contributed by atoms with Crippen LogP contribution < -0.4 is 5.32 Å². The van der Waals surface area contributed by atoms with Crippen LogP contribution in [0, 0.1) is 34.5 Å². The van der Waals surface area contributed by atoms with Gasteiger partial charge in [0, 0.05) is 6.04 Å². The first-order valence-electron chi connectivity index (χ1n) is 10.4. The van der Waals surface area contributed by atoms with Crippen LogP contribution in [0.25, 0.3) is 0 Å². The third-order valence-corrected chi connectivity index (χ3v) is 9.17. The molecule has 0 saturated heterocycles. The van der Waals surface area contributed by atoms with E-state index >= 15 is 0 Å². The van der Waals surface area contributed by atoms with Gasteiger partial charge in [-0.05, 0) is 99.8 Å². The van der Waals surface area contributed by atoms with Gasteiger partial charge in [0.1, 0.15) is 0 Å². The predicted octanol–water partition coefficient (Wildman–Crippen LogP) is 4.53. The lowest BCUT2D eigenvalue weighted by Gasteiger charge is -2.58. The van der Waals surface area contributed by atoms with Gasteiger partial charge in [-0.3, -0.25) is 0 Å². The number of aliphatic hydroxyl groups excluding tert-OH is 1. The second-order valence-corrected chi connectivity index (χ2v) is 9.96. The SMILES string of the molecule is CN[C@H]1CC[C@@]2(C)C(=CC[C@H]3[C@@H]4CC[C@H]([C@@H](C)O)[C@@]4(C)CC[C@@H]32)C1. The first-order chi connectivity index (χ1) is 11.4. The highest BCUT2D eigenvalue weighted by atomic mass is 16.3. The maximum absolute atomic E-state index is 10.3. The van der Waals surface area contributed by atoms with Crippen LogP contribution in [0.3, 0.4) is 0 Å². The molecule has 0 radical (unpaired) electrons. The molecule has 0 unspecified atom stereocenters. The summed E-state index contributed by atoms with van der Waals surface area (Å²) in [6.07, 6.45) is 13.1. The quantitative estimate of drug-likeness (QED) is 0.728. The van der Waals surface area contributed by atoms with Crippen LogP contribution in [0.5, 0.6) is 0 Å². The zero-order valence-electron chi connectivity index (χ0n) is 16.1. The maximum atomic E-state index is 10.3. The molecule has 0 aliphatic heterocycles. The minimum Gasteiger partial charge on any atom is -0.393 e. The summed E-state index contributed by atoms with van der Waals surface area (Å²) in [5, 5.41) is 13.8. The molecule has 0 bridgehead atoms. The van der Waals surface area contributed by atoms with Crippen LogP contribution in [0.4, 0.5) is 0 Å². The molecular formula is C22H37NO. The summed E-state index contributed by atoms with van der Waals surface area (Å²) < 4.78 is 0. The van der Waals surface area contributed by atoms with Crippen molar-refractivity contribution >= 4 is 0 Å². The Morgan fingerprint density at radius 2 is 1.92 bits per heavy atom. The van der Waals surface area contributed by atoms with E-state index in [1.807, 2.05) is 6.92 Å². The second kappa shape index (κ2) is 5.84. The van der Waals surface area contributed by atoms with E-state index in [0.29, 0.717) is 22.8 Å². The lowest BCUT2D eigenvalue weighted by Crippen LogP contribution is -2.51. The first-order valence-corrected chi connectivity index (χ1v) is 10.4. The maximum Gasteiger partial charge on any atom is 0.0545 e. The molecule has 0 heterocycles. The largest absolute Gasteiger partial charge is 0.393 e. The lowest BCUT2D eigenvalue weighted by molar-refractivity contribution is -0.0630. The molecular weight excluding hydrogens is 294 g/mol. The predicted molar refractivity (Wildman–Crippen MR) is 99.7 cm³/mol. The van der Waals surface area contributed by atoms with Crippen LogP contribution >= 0.6 is 0 Å². The fourth-order valence-corrected chi connectivity index (χ4v) is 7.74. The summed E-state index contributed by atoms with van der Waals surface area (Å²) in [5.41, 5.74) is 2.61. The van der Waals surface area contributed by atoms with Gasteiger partial charge in [-0.25, -0.2) is 0 Å². The van der Waals surface area contributed by atoms with Gasteiger partial charge < -0.3 is 10.4 Å². The zero-order valence-corrected chi connectivity index (χ0v) is 16.1. The Bertz CT molecular complexity index is 526. The molecule has 0 amide bonds. The lowest BCUT2D eigenvalue weighted by atomic mass is 9.47. The summed E-state index contributed by atoms with van der Waals surface area (Å²) >= 11 is 0. The topological polar surface area (TPSA) is 32.3 Å². The standard InChI is InChI=1S/C22H37NO/c1-14(24)18-7-8-19-17-6-5-15-13-16(23-4)9-11-21(15,2)20(17)10-12-22(18,19)3/h5,14,16-20,23-24H,6-13H2,1-4H3/t14-,16+,17+,18-,19+,20+,21+,22-/m1/s1. The van der Waals surface area contributed by atoms with Gasteiger partial charge in [0.25, 0.3) is 0 Å². The molecule has 2 nitrogen and oxygen atoms in total. The number of aliphatic hydroxyl groups is 1. The van der Waals surface area contributed by atoms with Crippen LogP contribution in [0.15, 0.2) is 11.6 Å². The van der Waals surface area contributed by atoms with E-state index in [0.717, 1.165) is 17.8 Å². The normalized spacial score (nSPS) is 52.0. The van der Waals surface area contributed by atoms with Crippen molar-refractivity contribution in [2.45, 2.75) is 84.3 Å². The van der Waals surface area contributed by atoms with Crippen molar-refractivity contribution in [2.24, 2.45) is 34.5 Å². The highest BCUT2D eigenvalue weighted by Crippen LogP contribution is 2.66. The van der Waals surface area contributed by atoms with E-state index in [2.05, 4.69) is 32.3 Å². The Hall–Kier alpha value is -0.340. The molecule has 4 aliphatic rings. The molecule has 24 heavy (non-hydrogen) atoms. The average Bonchev–Trinajstić information content (AvgIpc) is 2.91. The number of nitrogens with one attached hydrogen (secondary N) is 1. The molecule has 0 aromatic carbocycles. The minimum atomic E-state index is -0.132. The van der Waals surface area contributed by atoms with Crippen molar-refractivity contribution < 1.29 is 5.11 Å². The van der Waals surface area contributed by atoms with Gasteiger partial charge in [0.05, 0.1) is 6.10 Å². The van der Waals surface area contributed by atoms with E-state index in [9.17, 15) is 5.11 Å². The summed E-state index contributed by atoms with van der Waals surface area (Å²) in [6.45, 7) is 7.13. The first kappa shape index (κ1) is 17.1. The zero-order chi connectivity index (χ0) is 17.1. The monoisotopic (exact) mass is 331 g/mol. The summed E-state index contributed by atoms with van der Waals surface area (Å²) in [6, 6.07) is 0.695. The van der Waals surface area contributed by atoms with Crippen LogP contribution in [-0.2, 0) is 0 Å². The van der Waals surface area contributed by atoms with E-state index in [-0.39, 0.29) is 6.10 Å². The highest BCUT2D eigenvalue weighted by molar-refractivity contribution is 5.25. The molecule has 8 atom stereocenters. The van der Waals surface area contributed by atoms with Crippen LogP contribution in [-0.4, -0.2) is 24.3 Å². The minimum absolute atomic E-state index is 0.132. The molecule has 136 valence electrons. The summed E-state index contributed by atoms with van der Waals surface area (Å²) in [7, 11) is 2.13. The molecule has 0 aromatic rings. The van der Waals surface area contributed by atoms with Crippen molar-refractivity contribution in [1.82, 2.24) is 5.32 Å². The number of hydrogen-bond donors (Lipinski definition) is 2. The fraction of sp³-hybridized carbons (Fsp3) is 0.909. The van der Waals surface area contributed by atoms with Crippen molar-refractivity contribution in [3.8, 4) is 0 Å². The van der Waals surface area contributed by atoms with Crippen molar-refractivity contribution in [3.63, 3.8) is 0 Å². The Kier molecular flexibility index (Phi) is 4.16. The van der Waals surface area contributed by atoms with Crippen molar-refractivity contribution in [2.75, 3.05) is 7.05 Å². The van der Waals surface area contributed by atoms with E-state index in [4.69, 9.17) is 0 Å². The smallest absolute Gasteiger partial charge is 0.0545 e. The number of rotatable bonds is 2. The molecule has 2 N–H and O–H groups in total. The van der Waals surface area contributed by atoms with Crippen molar-refractivity contribution in [1.29, 1.82) is 0 Å². The van der Waals surface area contributed by atoms with Gasteiger partial charge in [0.2, 0.25) is 0 Å². The third kappa shape index (κ3) is 2.28. The molecule has 0 spiro atoms. The Balaban J connectivity index is 1.62. The van der Waals surface area contributed by atoms with E-state index < -0.39 is 0 Å². The summed E-state index contributed by atoms with van der Waals surface area (Å²) in [4.78, 5) is 0. The van der Waals surface area contributed by atoms with Gasteiger partial charge in [0.15, 0.2) is 0 Å². The third-order valence-electron chi connectivity index (χ3n) is 9.17. The Morgan fingerprint density at radius 1 is 1.12 bits per heavy atom. The van der Waals surface area contributed by atoms with E-state index in [1.165, 1.54) is 51.4 Å². The molecule has 3 fully saturated rings. The van der Waals surface area contributed by atoms with E-state index in [1.54, 1.807) is 5.57 Å². The highest BCUT2D eigenvalue weighted by Gasteiger charge is 2.59. The molecule has 3 saturated carbocycles.